The van der Waals surface area contributed by atoms with Crippen LogP contribution in [0.4, 0.5) is 0 Å². The molecule has 1 amide bonds. The Kier molecular flexibility index (Phi) is 5.48. The number of benzene rings is 1. The van der Waals surface area contributed by atoms with Crippen molar-refractivity contribution < 1.29 is 14.6 Å². The van der Waals surface area contributed by atoms with Gasteiger partial charge in [0.25, 0.3) is 5.91 Å². The van der Waals surface area contributed by atoms with E-state index in [1.54, 1.807) is 24.3 Å². The van der Waals surface area contributed by atoms with Crippen molar-refractivity contribution in [3.05, 3.63) is 46.2 Å². The molecule has 6 heteroatoms. The number of H-pyrrole nitrogens is 1. The zero-order valence-electron chi connectivity index (χ0n) is 11.6. The molecule has 112 valence electrons. The SMILES string of the molecule is O=C(NCCCOCCO)c1cc(=O)c2ccccc2[nH]1. The summed E-state index contributed by atoms with van der Waals surface area (Å²) >= 11 is 0. The number of pyridine rings is 1. The van der Waals surface area contributed by atoms with Crippen LogP contribution in [-0.2, 0) is 4.74 Å². The number of hydrogen-bond acceptors (Lipinski definition) is 4. The molecule has 0 spiro atoms. The van der Waals surface area contributed by atoms with Gasteiger partial charge in [0, 0.05) is 30.1 Å². The lowest BCUT2D eigenvalue weighted by Crippen LogP contribution is -2.27. The van der Waals surface area contributed by atoms with E-state index in [1.165, 1.54) is 6.07 Å². The number of aromatic amines is 1. The molecule has 0 aliphatic carbocycles. The Bertz CT molecular complexity index is 666. The van der Waals surface area contributed by atoms with Crippen molar-refractivity contribution in [1.82, 2.24) is 10.3 Å². The van der Waals surface area contributed by atoms with E-state index in [9.17, 15) is 9.59 Å². The monoisotopic (exact) mass is 290 g/mol. The second-order valence-electron chi connectivity index (χ2n) is 4.54. The summed E-state index contributed by atoms with van der Waals surface area (Å²) in [5.74, 6) is -0.319. The molecule has 0 fully saturated rings. The van der Waals surface area contributed by atoms with Crippen LogP contribution in [0.1, 0.15) is 16.9 Å². The number of aliphatic hydroxyl groups excluding tert-OH is 1. The maximum Gasteiger partial charge on any atom is 0.267 e. The Labute approximate surface area is 121 Å². The normalized spacial score (nSPS) is 10.7. The van der Waals surface area contributed by atoms with Crippen molar-refractivity contribution in [1.29, 1.82) is 0 Å². The number of aromatic nitrogens is 1. The lowest BCUT2D eigenvalue weighted by atomic mass is 10.2. The molecule has 21 heavy (non-hydrogen) atoms. The number of rotatable bonds is 7. The number of ether oxygens (including phenoxy) is 1. The van der Waals surface area contributed by atoms with Crippen LogP contribution in [0.25, 0.3) is 10.9 Å². The molecule has 2 rings (SSSR count). The molecule has 0 atom stereocenters. The number of fused-ring (bicyclic) bond motifs is 1. The molecule has 3 N–H and O–H groups in total. The molecule has 0 saturated heterocycles. The van der Waals surface area contributed by atoms with Crippen molar-refractivity contribution in [3.8, 4) is 0 Å². The van der Waals surface area contributed by atoms with Crippen molar-refractivity contribution >= 4 is 16.8 Å². The number of carbonyl (C=O) groups excluding carboxylic acids is 1. The van der Waals surface area contributed by atoms with Crippen molar-refractivity contribution in [2.75, 3.05) is 26.4 Å². The van der Waals surface area contributed by atoms with Crippen molar-refractivity contribution in [3.63, 3.8) is 0 Å². The van der Waals surface area contributed by atoms with Gasteiger partial charge in [0.15, 0.2) is 5.43 Å². The van der Waals surface area contributed by atoms with E-state index in [0.29, 0.717) is 37.1 Å². The summed E-state index contributed by atoms with van der Waals surface area (Å²) in [5, 5.41) is 11.8. The van der Waals surface area contributed by atoms with Crippen LogP contribution in [0.2, 0.25) is 0 Å². The summed E-state index contributed by atoms with van der Waals surface area (Å²) in [7, 11) is 0. The highest BCUT2D eigenvalue weighted by Gasteiger charge is 2.08. The Hall–Kier alpha value is -2.18. The standard InChI is InChI=1S/C15H18N2O4/c18-7-9-21-8-3-6-16-15(20)13-10-14(19)11-4-1-2-5-12(11)17-13/h1-2,4-5,10,18H,3,6-9H2,(H,16,20)(H,17,19). The largest absolute Gasteiger partial charge is 0.394 e. The number of carbonyl (C=O) groups is 1. The zero-order chi connectivity index (χ0) is 15.1. The van der Waals surface area contributed by atoms with Gasteiger partial charge in [-0.05, 0) is 18.6 Å². The van der Waals surface area contributed by atoms with Crippen LogP contribution in [-0.4, -0.2) is 42.4 Å². The third-order valence-corrected chi connectivity index (χ3v) is 2.97. The fourth-order valence-electron chi connectivity index (χ4n) is 1.96. The van der Waals surface area contributed by atoms with Gasteiger partial charge in [0.1, 0.15) is 5.69 Å². The molecule has 0 saturated carbocycles. The minimum Gasteiger partial charge on any atom is -0.394 e. The molecule has 0 radical (unpaired) electrons. The summed E-state index contributed by atoms with van der Waals surface area (Å²) in [5.41, 5.74) is 0.706. The van der Waals surface area contributed by atoms with E-state index in [1.807, 2.05) is 0 Å². The topological polar surface area (TPSA) is 91.4 Å². The average Bonchev–Trinajstić information content (AvgIpc) is 2.50. The molecule has 0 aliphatic heterocycles. The van der Waals surface area contributed by atoms with Crippen molar-refractivity contribution in [2.45, 2.75) is 6.42 Å². The second kappa shape index (κ2) is 7.56. The predicted octanol–water partition coefficient (Wildman–Crippen LogP) is 0.657. The summed E-state index contributed by atoms with van der Waals surface area (Å²) in [6, 6.07) is 8.37. The highest BCUT2D eigenvalue weighted by Crippen LogP contribution is 2.07. The third kappa shape index (κ3) is 4.14. The van der Waals surface area contributed by atoms with E-state index < -0.39 is 0 Å². The lowest BCUT2D eigenvalue weighted by molar-refractivity contribution is 0.0866. The first kappa shape index (κ1) is 15.2. The first-order valence-corrected chi connectivity index (χ1v) is 6.81. The quantitative estimate of drug-likeness (QED) is 0.653. The number of nitrogens with one attached hydrogen (secondary N) is 2. The smallest absolute Gasteiger partial charge is 0.267 e. The summed E-state index contributed by atoms with van der Waals surface area (Å²) < 4.78 is 5.09. The number of aliphatic hydroxyl groups is 1. The Morgan fingerprint density at radius 3 is 2.90 bits per heavy atom. The van der Waals surface area contributed by atoms with Gasteiger partial charge in [-0.2, -0.15) is 0 Å². The van der Waals surface area contributed by atoms with E-state index in [-0.39, 0.29) is 23.6 Å². The van der Waals surface area contributed by atoms with E-state index in [0.717, 1.165) is 0 Å². The Balaban J connectivity index is 1.95. The van der Waals surface area contributed by atoms with Crippen molar-refractivity contribution in [2.24, 2.45) is 0 Å². The van der Waals surface area contributed by atoms with E-state index in [2.05, 4.69) is 10.3 Å². The third-order valence-electron chi connectivity index (χ3n) is 2.97. The van der Waals surface area contributed by atoms with Crippen LogP contribution in [0.3, 0.4) is 0 Å². The van der Waals surface area contributed by atoms with Gasteiger partial charge in [-0.1, -0.05) is 12.1 Å². The van der Waals surface area contributed by atoms with Gasteiger partial charge in [0.05, 0.1) is 13.2 Å². The summed E-state index contributed by atoms with van der Waals surface area (Å²) in [6.07, 6.45) is 0.642. The molecule has 1 heterocycles. The van der Waals surface area contributed by atoms with Gasteiger partial charge in [-0.15, -0.1) is 0 Å². The van der Waals surface area contributed by atoms with Gasteiger partial charge in [0.2, 0.25) is 0 Å². The Morgan fingerprint density at radius 2 is 2.10 bits per heavy atom. The zero-order valence-corrected chi connectivity index (χ0v) is 11.6. The molecule has 0 unspecified atom stereocenters. The van der Waals surface area contributed by atoms with Gasteiger partial charge >= 0.3 is 0 Å². The second-order valence-corrected chi connectivity index (χ2v) is 4.54. The molecule has 1 aromatic heterocycles. The highest BCUT2D eigenvalue weighted by atomic mass is 16.5. The lowest BCUT2D eigenvalue weighted by Gasteiger charge is -2.06. The highest BCUT2D eigenvalue weighted by molar-refractivity contribution is 5.94. The molecular formula is C15H18N2O4. The van der Waals surface area contributed by atoms with Crippen LogP contribution in [0.15, 0.2) is 35.1 Å². The number of para-hydroxylation sites is 1. The van der Waals surface area contributed by atoms with Crippen LogP contribution < -0.4 is 10.7 Å². The fraction of sp³-hybridized carbons (Fsp3) is 0.333. The molecule has 0 aliphatic rings. The maximum atomic E-state index is 12.0. The predicted molar refractivity (Wildman–Crippen MR) is 79.4 cm³/mol. The molecule has 0 bridgehead atoms. The van der Waals surface area contributed by atoms with E-state index >= 15 is 0 Å². The molecular weight excluding hydrogens is 272 g/mol. The van der Waals surface area contributed by atoms with Crippen LogP contribution in [0, 0.1) is 0 Å². The van der Waals surface area contributed by atoms with Crippen LogP contribution >= 0.6 is 0 Å². The molecule has 1 aromatic carbocycles. The average molecular weight is 290 g/mol. The summed E-state index contributed by atoms with van der Waals surface area (Å²) in [4.78, 5) is 26.8. The van der Waals surface area contributed by atoms with Gasteiger partial charge < -0.3 is 20.1 Å². The summed E-state index contributed by atoms with van der Waals surface area (Å²) in [6.45, 7) is 1.20. The van der Waals surface area contributed by atoms with Crippen LogP contribution in [0.5, 0.6) is 0 Å². The fourth-order valence-corrected chi connectivity index (χ4v) is 1.96. The van der Waals surface area contributed by atoms with Gasteiger partial charge in [-0.25, -0.2) is 0 Å². The van der Waals surface area contributed by atoms with Gasteiger partial charge in [-0.3, -0.25) is 9.59 Å². The molecule has 6 nitrogen and oxygen atoms in total. The molecule has 2 aromatic rings. The first-order chi connectivity index (χ1) is 10.2. The Morgan fingerprint density at radius 1 is 1.29 bits per heavy atom. The van der Waals surface area contributed by atoms with E-state index in [4.69, 9.17) is 9.84 Å². The minimum absolute atomic E-state index is 0.00924. The number of amides is 1. The maximum absolute atomic E-state index is 12.0. The first-order valence-electron chi connectivity index (χ1n) is 6.81. The number of hydrogen-bond donors (Lipinski definition) is 3. The minimum atomic E-state index is -0.319.